The van der Waals surface area contributed by atoms with Gasteiger partial charge in [0.2, 0.25) is 0 Å². The molecule has 0 saturated heterocycles. The van der Waals surface area contributed by atoms with E-state index in [2.05, 4.69) is 11.1 Å². The van der Waals surface area contributed by atoms with E-state index in [0.29, 0.717) is 6.61 Å². The number of furan rings is 1. The summed E-state index contributed by atoms with van der Waals surface area (Å²) in [5.41, 5.74) is 4.70. The Labute approximate surface area is 216 Å². The molecule has 0 bridgehead atoms. The van der Waals surface area contributed by atoms with Crippen LogP contribution in [-0.4, -0.2) is 17.6 Å². The molecular formula is C32H27NO4. The van der Waals surface area contributed by atoms with E-state index in [1.165, 1.54) is 6.08 Å². The lowest BCUT2D eigenvalue weighted by atomic mass is 10.1. The summed E-state index contributed by atoms with van der Waals surface area (Å²) in [7, 11) is 0. The van der Waals surface area contributed by atoms with Crippen LogP contribution < -0.4 is 4.74 Å². The van der Waals surface area contributed by atoms with Gasteiger partial charge in [0.15, 0.2) is 0 Å². The standard InChI is InChI=1S/C32H27NO4/c1-23-27(21-30(37-23)25-11-6-3-7-12-25)18-20-35-29-17-19-33-32-26(13-8-14-28(29)32)15-16-31(34)36-22-24-9-4-2-5-10-24/h2-17,19,21H,18,20,22H2,1H3. The number of rotatable bonds is 9. The first-order valence-electron chi connectivity index (χ1n) is 12.2. The average Bonchev–Trinajstić information content (AvgIpc) is 3.32. The van der Waals surface area contributed by atoms with E-state index in [9.17, 15) is 4.79 Å². The molecule has 37 heavy (non-hydrogen) atoms. The molecule has 5 rings (SSSR count). The molecule has 5 heteroatoms. The first-order valence-corrected chi connectivity index (χ1v) is 12.2. The minimum Gasteiger partial charge on any atom is -0.492 e. The molecule has 3 aromatic carbocycles. The topological polar surface area (TPSA) is 61.6 Å². The summed E-state index contributed by atoms with van der Waals surface area (Å²) in [5.74, 6) is 2.10. The van der Waals surface area contributed by atoms with E-state index in [1.54, 1.807) is 12.3 Å². The molecule has 0 amide bonds. The number of fused-ring (bicyclic) bond motifs is 1. The maximum absolute atomic E-state index is 12.2. The molecule has 5 aromatic rings. The van der Waals surface area contributed by atoms with Gasteiger partial charge in [-0.05, 0) is 42.3 Å². The van der Waals surface area contributed by atoms with Crippen molar-refractivity contribution < 1.29 is 18.7 Å². The Morgan fingerprint density at radius 2 is 1.73 bits per heavy atom. The van der Waals surface area contributed by atoms with Gasteiger partial charge in [-0.25, -0.2) is 4.79 Å². The van der Waals surface area contributed by atoms with Crippen molar-refractivity contribution >= 4 is 22.9 Å². The van der Waals surface area contributed by atoms with E-state index < -0.39 is 5.97 Å². The summed E-state index contributed by atoms with van der Waals surface area (Å²) in [4.78, 5) is 16.8. The third-order valence-corrected chi connectivity index (χ3v) is 6.09. The maximum atomic E-state index is 12.2. The zero-order valence-electron chi connectivity index (χ0n) is 20.6. The molecule has 2 heterocycles. The lowest BCUT2D eigenvalue weighted by Gasteiger charge is -2.10. The van der Waals surface area contributed by atoms with Crippen LogP contribution in [0.4, 0.5) is 0 Å². The normalized spacial score (nSPS) is 11.2. The highest BCUT2D eigenvalue weighted by Crippen LogP contribution is 2.28. The third-order valence-electron chi connectivity index (χ3n) is 6.09. The number of esters is 1. The minimum absolute atomic E-state index is 0.235. The molecule has 0 saturated carbocycles. The number of hydrogen-bond donors (Lipinski definition) is 0. The Bertz CT molecular complexity index is 1520. The van der Waals surface area contributed by atoms with Crippen LogP contribution in [-0.2, 0) is 22.6 Å². The fourth-order valence-corrected chi connectivity index (χ4v) is 4.15. The molecule has 0 fully saturated rings. The van der Waals surface area contributed by atoms with Gasteiger partial charge in [0, 0.05) is 35.2 Å². The number of hydrogen-bond acceptors (Lipinski definition) is 5. The van der Waals surface area contributed by atoms with Crippen LogP contribution in [0.25, 0.3) is 28.3 Å². The van der Waals surface area contributed by atoms with E-state index >= 15 is 0 Å². The number of aryl methyl sites for hydroxylation is 1. The Morgan fingerprint density at radius 1 is 0.946 bits per heavy atom. The zero-order chi connectivity index (χ0) is 25.5. The highest BCUT2D eigenvalue weighted by Gasteiger charge is 2.11. The fourth-order valence-electron chi connectivity index (χ4n) is 4.15. The predicted molar refractivity (Wildman–Crippen MR) is 145 cm³/mol. The van der Waals surface area contributed by atoms with Crippen molar-refractivity contribution in [1.29, 1.82) is 0 Å². The van der Waals surface area contributed by atoms with Crippen LogP contribution >= 0.6 is 0 Å². The quantitative estimate of drug-likeness (QED) is 0.162. The molecule has 5 nitrogen and oxygen atoms in total. The number of nitrogens with zero attached hydrogens (tertiary/aromatic N) is 1. The second-order valence-corrected chi connectivity index (χ2v) is 8.64. The molecule has 0 radical (unpaired) electrons. The van der Waals surface area contributed by atoms with Gasteiger partial charge in [0.05, 0.1) is 12.1 Å². The van der Waals surface area contributed by atoms with Gasteiger partial charge < -0.3 is 13.9 Å². The smallest absolute Gasteiger partial charge is 0.331 e. The van der Waals surface area contributed by atoms with Gasteiger partial charge in [-0.15, -0.1) is 0 Å². The van der Waals surface area contributed by atoms with Gasteiger partial charge in [-0.2, -0.15) is 0 Å². The Morgan fingerprint density at radius 3 is 2.54 bits per heavy atom. The number of aromatic nitrogens is 1. The lowest BCUT2D eigenvalue weighted by Crippen LogP contribution is -2.02. The molecule has 0 atom stereocenters. The van der Waals surface area contributed by atoms with Crippen LogP contribution in [0, 0.1) is 6.92 Å². The third kappa shape index (κ3) is 5.96. The maximum Gasteiger partial charge on any atom is 0.331 e. The van der Waals surface area contributed by atoms with Crippen molar-refractivity contribution in [1.82, 2.24) is 4.98 Å². The Hall–Kier alpha value is -4.64. The monoisotopic (exact) mass is 489 g/mol. The molecule has 0 aliphatic rings. The summed E-state index contributed by atoms with van der Waals surface area (Å²) < 4.78 is 17.5. The summed E-state index contributed by atoms with van der Waals surface area (Å²) in [5, 5.41) is 0.885. The number of pyridine rings is 1. The molecular weight excluding hydrogens is 462 g/mol. The first-order chi connectivity index (χ1) is 18.2. The number of carbonyl (C=O) groups is 1. The highest BCUT2D eigenvalue weighted by atomic mass is 16.5. The zero-order valence-corrected chi connectivity index (χ0v) is 20.6. The van der Waals surface area contributed by atoms with Gasteiger partial charge in [-0.3, -0.25) is 4.98 Å². The second kappa shape index (κ2) is 11.4. The SMILES string of the molecule is Cc1oc(-c2ccccc2)cc1CCOc1ccnc2c(C=CC(=O)OCc3ccccc3)cccc12. The first kappa shape index (κ1) is 24.1. The van der Waals surface area contributed by atoms with E-state index in [0.717, 1.165) is 56.8 Å². The van der Waals surface area contributed by atoms with Crippen molar-refractivity contribution in [3.63, 3.8) is 0 Å². The number of benzene rings is 3. The van der Waals surface area contributed by atoms with Crippen molar-refractivity contribution in [2.75, 3.05) is 6.61 Å². The summed E-state index contributed by atoms with van der Waals surface area (Å²) in [6.45, 7) is 2.71. The molecule has 0 spiro atoms. The van der Waals surface area contributed by atoms with Gasteiger partial charge in [-0.1, -0.05) is 72.8 Å². The largest absolute Gasteiger partial charge is 0.492 e. The molecule has 0 unspecified atom stereocenters. The average molecular weight is 490 g/mol. The van der Waals surface area contributed by atoms with Crippen LogP contribution in [0.1, 0.15) is 22.5 Å². The van der Waals surface area contributed by atoms with Crippen LogP contribution in [0.3, 0.4) is 0 Å². The number of ether oxygens (including phenoxy) is 2. The molecule has 0 aliphatic carbocycles. The van der Waals surface area contributed by atoms with Crippen LogP contribution in [0.2, 0.25) is 0 Å². The number of para-hydroxylation sites is 1. The Kier molecular flexibility index (Phi) is 7.42. The van der Waals surface area contributed by atoms with Gasteiger partial charge in [0.1, 0.15) is 23.9 Å². The van der Waals surface area contributed by atoms with Gasteiger partial charge in [0.25, 0.3) is 0 Å². The van der Waals surface area contributed by atoms with Crippen molar-refractivity contribution in [3.05, 3.63) is 126 Å². The molecule has 0 N–H and O–H groups in total. The number of carbonyl (C=O) groups excluding carboxylic acids is 1. The highest BCUT2D eigenvalue weighted by molar-refractivity contribution is 5.95. The van der Waals surface area contributed by atoms with Crippen molar-refractivity contribution in [3.8, 4) is 17.1 Å². The summed E-state index contributed by atoms with van der Waals surface area (Å²) >= 11 is 0. The summed E-state index contributed by atoms with van der Waals surface area (Å²) in [6, 6.07) is 29.4. The van der Waals surface area contributed by atoms with E-state index in [1.807, 2.05) is 91.9 Å². The second-order valence-electron chi connectivity index (χ2n) is 8.64. The summed E-state index contributed by atoms with van der Waals surface area (Å²) in [6.07, 6.45) is 5.60. The molecule has 2 aromatic heterocycles. The predicted octanol–water partition coefficient (Wildman–Crippen LogP) is 7.18. The van der Waals surface area contributed by atoms with Crippen LogP contribution in [0.15, 0.2) is 108 Å². The molecule has 184 valence electrons. The van der Waals surface area contributed by atoms with Crippen molar-refractivity contribution in [2.24, 2.45) is 0 Å². The molecule has 0 aliphatic heterocycles. The fraction of sp³-hybridized carbons (Fsp3) is 0.125. The lowest BCUT2D eigenvalue weighted by molar-refractivity contribution is -0.138. The van der Waals surface area contributed by atoms with E-state index in [-0.39, 0.29) is 6.61 Å². The van der Waals surface area contributed by atoms with Crippen LogP contribution in [0.5, 0.6) is 5.75 Å². The Balaban J connectivity index is 1.24. The van der Waals surface area contributed by atoms with Crippen molar-refractivity contribution in [2.45, 2.75) is 20.0 Å². The van der Waals surface area contributed by atoms with E-state index in [4.69, 9.17) is 13.9 Å². The minimum atomic E-state index is -0.404. The van der Waals surface area contributed by atoms with Gasteiger partial charge >= 0.3 is 5.97 Å².